The molecule has 7 heteroatoms. The average Bonchev–Trinajstić information content (AvgIpc) is 2.73. The Morgan fingerprint density at radius 1 is 1.24 bits per heavy atom. The molecule has 0 saturated carbocycles. The van der Waals surface area contributed by atoms with Gasteiger partial charge < -0.3 is 19.9 Å². The molecule has 3 aliphatic rings. The number of ether oxygens (including phenoxy) is 1. The zero-order valence-corrected chi connectivity index (χ0v) is 17.0. The lowest BCUT2D eigenvalue weighted by atomic mass is 9.97. The highest BCUT2D eigenvalue weighted by Gasteiger charge is 2.30. The number of hydrogen-bond acceptors (Lipinski definition) is 4. The molecule has 1 amide bonds. The molecule has 0 radical (unpaired) electrons. The van der Waals surface area contributed by atoms with E-state index in [0.717, 1.165) is 61.4 Å². The molecular formula is C22H29FN4O2. The van der Waals surface area contributed by atoms with Crippen LogP contribution >= 0.6 is 0 Å². The zero-order chi connectivity index (χ0) is 20.4. The summed E-state index contributed by atoms with van der Waals surface area (Å²) >= 11 is 0. The summed E-state index contributed by atoms with van der Waals surface area (Å²) < 4.78 is 19.4. The van der Waals surface area contributed by atoms with Gasteiger partial charge in [-0.15, -0.1) is 0 Å². The maximum atomic E-state index is 13.9. The number of fused-ring (bicyclic) bond motifs is 1. The number of carbonyl (C=O) groups excluding carboxylic acids is 1. The molecule has 156 valence electrons. The van der Waals surface area contributed by atoms with Crippen molar-refractivity contribution in [3.05, 3.63) is 40.8 Å². The number of halogens is 1. The quantitative estimate of drug-likeness (QED) is 0.605. The van der Waals surface area contributed by atoms with E-state index in [2.05, 4.69) is 5.32 Å². The fourth-order valence-corrected chi connectivity index (χ4v) is 4.44. The molecule has 2 N–H and O–H groups in total. The summed E-state index contributed by atoms with van der Waals surface area (Å²) in [7, 11) is 0. The number of hydrogen-bond donors (Lipinski definition) is 2. The smallest absolute Gasteiger partial charge is 0.219 e. The van der Waals surface area contributed by atoms with Crippen LogP contribution in [0.15, 0.2) is 29.5 Å². The predicted molar refractivity (Wildman–Crippen MR) is 111 cm³/mol. The van der Waals surface area contributed by atoms with Gasteiger partial charge in [-0.05, 0) is 43.4 Å². The van der Waals surface area contributed by atoms with Crippen LogP contribution in [0.5, 0.6) is 0 Å². The van der Waals surface area contributed by atoms with Gasteiger partial charge in [0.1, 0.15) is 11.7 Å². The number of benzene rings is 1. The van der Waals surface area contributed by atoms with Crippen molar-refractivity contribution in [2.75, 3.05) is 37.7 Å². The summed E-state index contributed by atoms with van der Waals surface area (Å²) in [5.41, 5.74) is 3.73. The third-order valence-electron chi connectivity index (χ3n) is 6.11. The number of rotatable bonds is 3. The number of amidine groups is 1. The fraction of sp³-hybridized carbons (Fsp3) is 0.545. The van der Waals surface area contributed by atoms with Gasteiger partial charge in [0.25, 0.3) is 0 Å². The Morgan fingerprint density at radius 2 is 2.03 bits per heavy atom. The highest BCUT2D eigenvalue weighted by atomic mass is 19.1. The second-order valence-electron chi connectivity index (χ2n) is 8.06. The molecule has 0 aromatic heterocycles. The van der Waals surface area contributed by atoms with Crippen molar-refractivity contribution in [1.29, 1.82) is 5.41 Å². The van der Waals surface area contributed by atoms with Gasteiger partial charge in [0, 0.05) is 62.6 Å². The standard InChI is InChI=1S/C22H29FN4O2/c1-15(28)26-10-6-20(25-18-7-11-29-12-8-18)19(14-26)22(24)27-9-2-3-16-4-5-17(23)13-21(16)27/h4-5,13,18,24-25H,2-3,6-12,14H2,1H3. The van der Waals surface area contributed by atoms with E-state index in [1.165, 1.54) is 12.1 Å². The van der Waals surface area contributed by atoms with Crippen LogP contribution in [0.1, 0.15) is 38.2 Å². The normalized spacial score (nSPS) is 20.5. The van der Waals surface area contributed by atoms with Crippen LogP contribution in [0.3, 0.4) is 0 Å². The summed E-state index contributed by atoms with van der Waals surface area (Å²) in [6.45, 7) is 4.82. The first-order valence-corrected chi connectivity index (χ1v) is 10.5. The molecule has 0 spiro atoms. The lowest BCUT2D eigenvalue weighted by Crippen LogP contribution is -2.46. The van der Waals surface area contributed by atoms with Gasteiger partial charge in [-0.1, -0.05) is 6.07 Å². The van der Waals surface area contributed by atoms with Gasteiger partial charge in [0.05, 0.1) is 6.54 Å². The minimum absolute atomic E-state index is 0.0190. The fourth-order valence-electron chi connectivity index (χ4n) is 4.44. The lowest BCUT2D eigenvalue weighted by molar-refractivity contribution is -0.128. The topological polar surface area (TPSA) is 68.7 Å². The predicted octanol–water partition coefficient (Wildman–Crippen LogP) is 2.83. The third-order valence-corrected chi connectivity index (χ3v) is 6.11. The first kappa shape index (κ1) is 19.9. The molecule has 0 aliphatic carbocycles. The Morgan fingerprint density at radius 3 is 2.79 bits per heavy atom. The molecule has 3 aliphatic heterocycles. The summed E-state index contributed by atoms with van der Waals surface area (Å²) in [4.78, 5) is 15.7. The Hall–Kier alpha value is -2.41. The van der Waals surface area contributed by atoms with E-state index in [0.29, 0.717) is 37.9 Å². The van der Waals surface area contributed by atoms with Crippen LogP contribution in [-0.2, 0) is 16.0 Å². The minimum atomic E-state index is -0.285. The summed E-state index contributed by atoms with van der Waals surface area (Å²) in [5, 5.41) is 12.6. The van der Waals surface area contributed by atoms with Gasteiger partial charge in [0.2, 0.25) is 5.91 Å². The van der Waals surface area contributed by atoms with E-state index in [9.17, 15) is 9.18 Å². The molecule has 29 heavy (non-hydrogen) atoms. The third kappa shape index (κ3) is 4.29. The summed E-state index contributed by atoms with van der Waals surface area (Å²) in [6.07, 6.45) is 4.41. The van der Waals surface area contributed by atoms with Crippen molar-refractivity contribution in [3.63, 3.8) is 0 Å². The van der Waals surface area contributed by atoms with Gasteiger partial charge in [-0.25, -0.2) is 4.39 Å². The van der Waals surface area contributed by atoms with E-state index in [1.807, 2.05) is 11.0 Å². The lowest BCUT2D eigenvalue weighted by Gasteiger charge is -2.38. The van der Waals surface area contributed by atoms with Crippen molar-refractivity contribution in [1.82, 2.24) is 10.2 Å². The second-order valence-corrected chi connectivity index (χ2v) is 8.06. The molecule has 3 heterocycles. The molecule has 0 atom stereocenters. The van der Waals surface area contributed by atoms with Crippen molar-refractivity contribution < 1.29 is 13.9 Å². The number of anilines is 1. The van der Waals surface area contributed by atoms with Crippen molar-refractivity contribution >= 4 is 17.4 Å². The minimum Gasteiger partial charge on any atom is -0.385 e. The number of carbonyl (C=O) groups is 1. The highest BCUT2D eigenvalue weighted by Crippen LogP contribution is 2.31. The zero-order valence-electron chi connectivity index (χ0n) is 17.0. The molecule has 0 bridgehead atoms. The van der Waals surface area contributed by atoms with E-state index in [-0.39, 0.29) is 11.7 Å². The van der Waals surface area contributed by atoms with Crippen molar-refractivity contribution in [2.24, 2.45) is 0 Å². The number of amides is 1. The molecule has 1 aromatic carbocycles. The largest absolute Gasteiger partial charge is 0.385 e. The Kier molecular flexibility index (Phi) is 5.85. The molecular weight excluding hydrogens is 371 g/mol. The Labute approximate surface area is 171 Å². The maximum absolute atomic E-state index is 13.9. The van der Waals surface area contributed by atoms with E-state index < -0.39 is 0 Å². The van der Waals surface area contributed by atoms with Gasteiger partial charge in [0.15, 0.2) is 0 Å². The molecule has 1 saturated heterocycles. The Balaban J connectivity index is 1.65. The summed E-state index contributed by atoms with van der Waals surface area (Å²) in [6, 6.07) is 5.17. The number of nitrogens with zero attached hydrogens (tertiary/aromatic N) is 2. The van der Waals surface area contributed by atoms with Crippen LogP contribution in [0.25, 0.3) is 0 Å². The molecule has 6 nitrogen and oxygen atoms in total. The van der Waals surface area contributed by atoms with Crippen molar-refractivity contribution in [2.45, 2.75) is 45.1 Å². The number of nitrogens with one attached hydrogen (secondary N) is 2. The molecule has 4 rings (SSSR count). The van der Waals surface area contributed by atoms with E-state index >= 15 is 0 Å². The van der Waals surface area contributed by atoms with Crippen LogP contribution in [0.4, 0.5) is 10.1 Å². The second kappa shape index (κ2) is 8.53. The Bertz CT molecular complexity index is 832. The molecule has 1 fully saturated rings. The highest BCUT2D eigenvalue weighted by molar-refractivity contribution is 6.09. The first-order chi connectivity index (χ1) is 14.0. The SMILES string of the molecule is CC(=O)N1CCC(NC2CCOCC2)=C(C(=N)N2CCCc3ccc(F)cc32)C1. The van der Waals surface area contributed by atoms with Gasteiger partial charge in [-0.2, -0.15) is 0 Å². The average molecular weight is 400 g/mol. The van der Waals surface area contributed by atoms with Gasteiger partial charge in [-0.3, -0.25) is 10.2 Å². The van der Waals surface area contributed by atoms with Crippen LogP contribution in [0.2, 0.25) is 0 Å². The van der Waals surface area contributed by atoms with Crippen LogP contribution < -0.4 is 10.2 Å². The van der Waals surface area contributed by atoms with Crippen LogP contribution in [-0.4, -0.2) is 55.5 Å². The molecule has 0 unspecified atom stereocenters. The number of aryl methyl sites for hydroxylation is 1. The van der Waals surface area contributed by atoms with Crippen LogP contribution in [0, 0.1) is 11.2 Å². The monoisotopic (exact) mass is 400 g/mol. The summed E-state index contributed by atoms with van der Waals surface area (Å²) in [5.74, 6) is 0.106. The van der Waals surface area contributed by atoms with E-state index in [1.54, 1.807) is 11.8 Å². The van der Waals surface area contributed by atoms with Gasteiger partial charge >= 0.3 is 0 Å². The maximum Gasteiger partial charge on any atom is 0.219 e. The van der Waals surface area contributed by atoms with Crippen molar-refractivity contribution in [3.8, 4) is 0 Å². The molecule has 1 aromatic rings. The first-order valence-electron chi connectivity index (χ1n) is 10.5. The van der Waals surface area contributed by atoms with E-state index in [4.69, 9.17) is 10.1 Å².